The third kappa shape index (κ3) is 8.26. The highest BCUT2D eigenvalue weighted by Gasteiger charge is 2.31. The number of hydrogen-bond acceptors (Lipinski definition) is 9. The van der Waals surface area contributed by atoms with Crippen molar-refractivity contribution >= 4 is 17.7 Å². The molecule has 9 heteroatoms. The van der Waals surface area contributed by atoms with Crippen LogP contribution in [0.2, 0.25) is 0 Å². The van der Waals surface area contributed by atoms with E-state index in [1.165, 1.54) is 25.3 Å². The molecule has 0 heterocycles. The minimum atomic E-state index is -1.33. The van der Waals surface area contributed by atoms with Crippen LogP contribution < -0.4 is 9.47 Å². The molecule has 1 N–H and O–H groups in total. The number of Topliss-reactive ketones (excluding diaryl/α,β-unsaturated/α-hetero) is 1. The summed E-state index contributed by atoms with van der Waals surface area (Å²) in [6, 6.07) is 4.15. The summed E-state index contributed by atoms with van der Waals surface area (Å²) in [7, 11) is 1.53. The molecule has 1 unspecified atom stereocenters. The molecule has 28 heavy (non-hydrogen) atoms. The van der Waals surface area contributed by atoms with Crippen molar-refractivity contribution in [3.63, 3.8) is 0 Å². The molecule has 0 spiro atoms. The molecule has 1 aromatic rings. The van der Waals surface area contributed by atoms with Crippen molar-refractivity contribution in [3.8, 4) is 17.2 Å². The molecule has 1 rings (SSSR count). The second-order valence-electron chi connectivity index (χ2n) is 5.57. The Labute approximate surface area is 163 Å². The fourth-order valence-corrected chi connectivity index (χ4v) is 2.18. The molecular weight excluding hydrogens is 372 g/mol. The van der Waals surface area contributed by atoms with Crippen molar-refractivity contribution in [1.29, 1.82) is 0 Å². The van der Waals surface area contributed by atoms with Crippen LogP contribution in [0.4, 0.5) is 0 Å². The number of benzene rings is 1. The van der Waals surface area contributed by atoms with E-state index in [2.05, 4.69) is 0 Å². The zero-order valence-corrected chi connectivity index (χ0v) is 16.3. The van der Waals surface area contributed by atoms with Gasteiger partial charge >= 0.3 is 11.9 Å². The van der Waals surface area contributed by atoms with Gasteiger partial charge in [0.25, 0.3) is 0 Å². The van der Waals surface area contributed by atoms with Gasteiger partial charge in [-0.25, -0.2) is 0 Å². The number of ether oxygens (including phenoxy) is 5. The van der Waals surface area contributed by atoms with Crippen LogP contribution in [0.5, 0.6) is 17.2 Å². The molecule has 156 valence electrons. The van der Waals surface area contributed by atoms with Gasteiger partial charge in [0.1, 0.15) is 36.4 Å². The Morgan fingerprint density at radius 2 is 1.61 bits per heavy atom. The fraction of sp³-hybridized carbons (Fsp3) is 0.526. The standard InChI is InChI=1S/C19H26O9/c1-4-25-18(22)11-16(19(23)26-5-2)17(21)12-28-15-9-13(20)8-14(10-15)27-7-6-24-3/h8-10,16,20H,4-7,11-12H2,1-3H3. The lowest BCUT2D eigenvalue weighted by molar-refractivity contribution is -0.158. The zero-order valence-electron chi connectivity index (χ0n) is 16.3. The lowest BCUT2D eigenvalue weighted by Gasteiger charge is -2.15. The normalized spacial score (nSPS) is 11.4. The van der Waals surface area contributed by atoms with E-state index in [0.717, 1.165) is 0 Å². The van der Waals surface area contributed by atoms with E-state index in [0.29, 0.717) is 12.4 Å². The monoisotopic (exact) mass is 398 g/mol. The molecular formula is C19H26O9. The van der Waals surface area contributed by atoms with Crippen molar-refractivity contribution in [2.24, 2.45) is 5.92 Å². The summed E-state index contributed by atoms with van der Waals surface area (Å²) < 4.78 is 25.3. The molecule has 0 aromatic heterocycles. The summed E-state index contributed by atoms with van der Waals surface area (Å²) in [6.07, 6.45) is -0.430. The van der Waals surface area contributed by atoms with Gasteiger partial charge in [0.2, 0.25) is 0 Å². The summed E-state index contributed by atoms with van der Waals surface area (Å²) in [5, 5.41) is 9.75. The van der Waals surface area contributed by atoms with Crippen LogP contribution in [0.1, 0.15) is 20.3 Å². The van der Waals surface area contributed by atoms with Crippen LogP contribution in [0, 0.1) is 5.92 Å². The second kappa shape index (κ2) is 12.6. The van der Waals surface area contributed by atoms with Crippen molar-refractivity contribution < 1.29 is 43.2 Å². The summed E-state index contributed by atoms with van der Waals surface area (Å²) in [4.78, 5) is 36.1. The molecule has 0 radical (unpaired) electrons. The number of phenols is 1. The van der Waals surface area contributed by atoms with Gasteiger partial charge in [-0.05, 0) is 13.8 Å². The first kappa shape index (κ1) is 23.2. The van der Waals surface area contributed by atoms with Crippen molar-refractivity contribution in [2.45, 2.75) is 20.3 Å². The van der Waals surface area contributed by atoms with Gasteiger partial charge in [0.15, 0.2) is 5.78 Å². The number of carbonyl (C=O) groups excluding carboxylic acids is 3. The maximum atomic E-state index is 12.4. The van der Waals surface area contributed by atoms with E-state index in [4.69, 9.17) is 23.7 Å². The van der Waals surface area contributed by atoms with Crippen LogP contribution in [0.3, 0.4) is 0 Å². The second-order valence-corrected chi connectivity index (χ2v) is 5.57. The SMILES string of the molecule is CCOC(=O)CC(C(=O)COc1cc(O)cc(OCCOC)c1)C(=O)OCC. The minimum absolute atomic E-state index is 0.0705. The predicted octanol–water partition coefficient (Wildman–Crippen LogP) is 1.50. The Bertz CT molecular complexity index is 657. The molecule has 0 saturated carbocycles. The van der Waals surface area contributed by atoms with Gasteiger partial charge < -0.3 is 28.8 Å². The van der Waals surface area contributed by atoms with Gasteiger partial charge in [-0.3, -0.25) is 14.4 Å². The number of ketones is 1. The first-order valence-electron chi connectivity index (χ1n) is 8.84. The van der Waals surface area contributed by atoms with E-state index in [-0.39, 0.29) is 31.3 Å². The lowest BCUT2D eigenvalue weighted by Crippen LogP contribution is -2.32. The molecule has 0 aliphatic carbocycles. The number of hydrogen-bond donors (Lipinski definition) is 1. The van der Waals surface area contributed by atoms with Crippen LogP contribution in [0.25, 0.3) is 0 Å². The molecule has 1 atom stereocenters. The highest BCUT2D eigenvalue weighted by Crippen LogP contribution is 2.27. The summed E-state index contributed by atoms with van der Waals surface area (Å²) in [6.45, 7) is 3.55. The zero-order chi connectivity index (χ0) is 20.9. The highest BCUT2D eigenvalue weighted by molar-refractivity contribution is 6.02. The predicted molar refractivity (Wildman–Crippen MR) is 97.4 cm³/mol. The summed E-state index contributed by atoms with van der Waals surface area (Å²) in [5.41, 5.74) is 0. The van der Waals surface area contributed by atoms with E-state index in [1.54, 1.807) is 13.8 Å². The minimum Gasteiger partial charge on any atom is -0.508 e. The smallest absolute Gasteiger partial charge is 0.317 e. The number of methoxy groups -OCH3 is 1. The van der Waals surface area contributed by atoms with Crippen LogP contribution >= 0.6 is 0 Å². The number of carbonyl (C=O) groups is 3. The first-order chi connectivity index (χ1) is 13.4. The molecule has 1 aromatic carbocycles. The van der Waals surface area contributed by atoms with Crippen LogP contribution in [0.15, 0.2) is 18.2 Å². The number of aromatic hydroxyl groups is 1. The molecule has 0 fully saturated rings. The lowest BCUT2D eigenvalue weighted by atomic mass is 10.0. The van der Waals surface area contributed by atoms with E-state index < -0.39 is 36.7 Å². The quantitative estimate of drug-likeness (QED) is 0.299. The van der Waals surface area contributed by atoms with Gasteiger partial charge in [-0.1, -0.05) is 0 Å². The van der Waals surface area contributed by atoms with Crippen LogP contribution in [-0.4, -0.2) is 63.0 Å². The Kier molecular flexibility index (Phi) is 10.4. The molecule has 9 nitrogen and oxygen atoms in total. The number of esters is 2. The summed E-state index contributed by atoms with van der Waals surface area (Å²) in [5.74, 6) is -3.09. The van der Waals surface area contributed by atoms with Gasteiger partial charge in [-0.2, -0.15) is 0 Å². The van der Waals surface area contributed by atoms with Gasteiger partial charge in [-0.15, -0.1) is 0 Å². The largest absolute Gasteiger partial charge is 0.508 e. The highest BCUT2D eigenvalue weighted by atomic mass is 16.5. The Balaban J connectivity index is 2.76. The van der Waals surface area contributed by atoms with Crippen molar-refractivity contribution in [1.82, 2.24) is 0 Å². The third-order valence-corrected chi connectivity index (χ3v) is 3.44. The van der Waals surface area contributed by atoms with E-state index >= 15 is 0 Å². The topological polar surface area (TPSA) is 118 Å². The van der Waals surface area contributed by atoms with Crippen molar-refractivity contribution in [3.05, 3.63) is 18.2 Å². The maximum Gasteiger partial charge on any atom is 0.317 e. The van der Waals surface area contributed by atoms with E-state index in [1.807, 2.05) is 0 Å². The van der Waals surface area contributed by atoms with E-state index in [9.17, 15) is 19.5 Å². The Hall–Kier alpha value is -2.81. The fourth-order valence-electron chi connectivity index (χ4n) is 2.18. The van der Waals surface area contributed by atoms with Crippen molar-refractivity contribution in [2.75, 3.05) is 40.1 Å². The number of rotatable bonds is 13. The molecule has 0 aliphatic rings. The average molecular weight is 398 g/mol. The Morgan fingerprint density at radius 1 is 0.964 bits per heavy atom. The van der Waals surface area contributed by atoms with Crippen LogP contribution in [-0.2, 0) is 28.6 Å². The molecule has 0 bridgehead atoms. The van der Waals surface area contributed by atoms with Gasteiger partial charge in [0.05, 0.1) is 26.2 Å². The Morgan fingerprint density at radius 3 is 2.21 bits per heavy atom. The number of phenolic OH excluding ortho intramolecular Hbond substituents is 1. The van der Waals surface area contributed by atoms with Gasteiger partial charge in [0, 0.05) is 25.3 Å². The molecule has 0 saturated heterocycles. The molecule has 0 amide bonds. The maximum absolute atomic E-state index is 12.4. The third-order valence-electron chi connectivity index (χ3n) is 3.44. The summed E-state index contributed by atoms with van der Waals surface area (Å²) >= 11 is 0. The molecule has 0 aliphatic heterocycles. The average Bonchev–Trinajstić information content (AvgIpc) is 2.64. The first-order valence-corrected chi connectivity index (χ1v) is 8.84.